The van der Waals surface area contributed by atoms with Crippen molar-refractivity contribution >= 4 is 11.3 Å². The van der Waals surface area contributed by atoms with Crippen LogP contribution < -0.4 is 5.32 Å². The van der Waals surface area contributed by atoms with E-state index in [0.29, 0.717) is 6.04 Å². The molecule has 19 heavy (non-hydrogen) atoms. The second-order valence-electron chi connectivity index (χ2n) is 4.87. The molecule has 3 rings (SSSR count). The van der Waals surface area contributed by atoms with Gasteiger partial charge in [-0.25, -0.2) is 4.98 Å². The maximum Gasteiger partial charge on any atom is 0.142 e. The topological polar surface area (TPSA) is 41.0 Å². The van der Waals surface area contributed by atoms with Gasteiger partial charge in [0.2, 0.25) is 0 Å². The fourth-order valence-electron chi connectivity index (χ4n) is 2.43. The van der Waals surface area contributed by atoms with Crippen molar-refractivity contribution in [1.29, 1.82) is 0 Å². The lowest BCUT2D eigenvalue weighted by Gasteiger charge is -2.13. The molecule has 0 amide bonds. The van der Waals surface area contributed by atoms with E-state index in [2.05, 4.69) is 25.6 Å². The highest BCUT2D eigenvalue weighted by Gasteiger charge is 2.21. The minimum absolute atomic E-state index is 0.633. The van der Waals surface area contributed by atoms with E-state index in [4.69, 9.17) is 0 Å². The zero-order valence-corrected chi connectivity index (χ0v) is 11.9. The summed E-state index contributed by atoms with van der Waals surface area (Å²) >= 11 is 1.68. The fraction of sp³-hybridized carbons (Fsp3) is 0.429. The predicted octanol–water partition coefficient (Wildman–Crippen LogP) is 2.00. The van der Waals surface area contributed by atoms with Crippen LogP contribution in [-0.4, -0.2) is 41.0 Å². The third-order valence-corrected chi connectivity index (χ3v) is 4.42. The van der Waals surface area contributed by atoms with Crippen LogP contribution in [0.1, 0.15) is 12.1 Å². The summed E-state index contributed by atoms with van der Waals surface area (Å²) < 4.78 is 0. The van der Waals surface area contributed by atoms with Crippen molar-refractivity contribution in [3.8, 4) is 10.7 Å². The molecule has 2 aromatic rings. The third-order valence-electron chi connectivity index (χ3n) is 3.50. The first kappa shape index (κ1) is 12.7. The summed E-state index contributed by atoms with van der Waals surface area (Å²) in [5.41, 5.74) is 2.12. The summed E-state index contributed by atoms with van der Waals surface area (Å²) in [6.07, 6.45) is 3.04. The molecular formula is C14H18N4S. The normalized spacial score (nSPS) is 19.9. The third kappa shape index (κ3) is 3.00. The second kappa shape index (κ2) is 5.77. The molecule has 1 atom stereocenters. The highest BCUT2D eigenvalue weighted by molar-refractivity contribution is 7.13. The summed E-state index contributed by atoms with van der Waals surface area (Å²) in [7, 11) is 2.04. The molecule has 0 aliphatic carbocycles. The molecule has 0 spiro atoms. The van der Waals surface area contributed by atoms with Gasteiger partial charge in [0.1, 0.15) is 5.01 Å². The van der Waals surface area contributed by atoms with Gasteiger partial charge in [-0.3, -0.25) is 9.88 Å². The molecule has 4 nitrogen and oxygen atoms in total. The van der Waals surface area contributed by atoms with Gasteiger partial charge >= 0.3 is 0 Å². The lowest BCUT2D eigenvalue weighted by atomic mass is 10.3. The maximum absolute atomic E-state index is 4.69. The van der Waals surface area contributed by atoms with Crippen LogP contribution in [0, 0.1) is 0 Å². The van der Waals surface area contributed by atoms with E-state index in [9.17, 15) is 0 Å². The fourth-order valence-corrected chi connectivity index (χ4v) is 3.21. The number of nitrogens with zero attached hydrogens (tertiary/aromatic N) is 3. The largest absolute Gasteiger partial charge is 0.316 e. The van der Waals surface area contributed by atoms with E-state index in [0.717, 1.165) is 36.0 Å². The average Bonchev–Trinajstić information content (AvgIpc) is 3.09. The van der Waals surface area contributed by atoms with Gasteiger partial charge in [-0.2, -0.15) is 0 Å². The molecule has 5 heteroatoms. The molecule has 1 N–H and O–H groups in total. The monoisotopic (exact) mass is 274 g/mol. The Kier molecular flexibility index (Phi) is 3.87. The molecule has 1 saturated heterocycles. The molecule has 0 radical (unpaired) electrons. The molecule has 0 bridgehead atoms. The van der Waals surface area contributed by atoms with E-state index in [-0.39, 0.29) is 0 Å². The second-order valence-corrected chi connectivity index (χ2v) is 5.73. The molecule has 0 saturated carbocycles. The highest BCUT2D eigenvalue weighted by Crippen LogP contribution is 2.22. The zero-order chi connectivity index (χ0) is 13.1. The van der Waals surface area contributed by atoms with Crippen molar-refractivity contribution in [2.45, 2.75) is 19.0 Å². The Labute approximate surface area is 117 Å². The quantitative estimate of drug-likeness (QED) is 0.926. The van der Waals surface area contributed by atoms with Gasteiger partial charge < -0.3 is 5.32 Å². The van der Waals surface area contributed by atoms with Crippen molar-refractivity contribution in [3.05, 3.63) is 35.5 Å². The Morgan fingerprint density at radius 2 is 2.42 bits per heavy atom. The minimum Gasteiger partial charge on any atom is -0.316 e. The summed E-state index contributed by atoms with van der Waals surface area (Å²) in [4.78, 5) is 11.5. The van der Waals surface area contributed by atoms with E-state index in [1.807, 2.05) is 31.4 Å². The number of hydrogen-bond donors (Lipinski definition) is 1. The molecule has 3 heterocycles. The van der Waals surface area contributed by atoms with Crippen LogP contribution in [0.2, 0.25) is 0 Å². The summed E-state index contributed by atoms with van der Waals surface area (Å²) in [5, 5.41) is 6.50. The molecule has 1 aliphatic heterocycles. The standard InChI is InChI=1S/C14H18N4S/c1-15-11-5-7-18(8-11)9-12-10-19-14(17-12)13-4-2-3-6-16-13/h2-4,6,10-11,15H,5,7-9H2,1H3. The van der Waals surface area contributed by atoms with Crippen LogP contribution in [0.4, 0.5) is 0 Å². The molecular weight excluding hydrogens is 256 g/mol. The molecule has 0 aromatic carbocycles. The average molecular weight is 274 g/mol. The van der Waals surface area contributed by atoms with Crippen molar-refractivity contribution in [3.63, 3.8) is 0 Å². The van der Waals surface area contributed by atoms with Crippen molar-refractivity contribution in [2.75, 3.05) is 20.1 Å². The minimum atomic E-state index is 0.633. The molecule has 1 aliphatic rings. The van der Waals surface area contributed by atoms with Gasteiger partial charge in [0.05, 0.1) is 11.4 Å². The van der Waals surface area contributed by atoms with Crippen molar-refractivity contribution < 1.29 is 0 Å². The lowest BCUT2D eigenvalue weighted by molar-refractivity contribution is 0.319. The number of likely N-dealkylation sites (tertiary alicyclic amines) is 1. The number of rotatable bonds is 4. The van der Waals surface area contributed by atoms with E-state index < -0.39 is 0 Å². The Bertz CT molecular complexity index is 525. The van der Waals surface area contributed by atoms with Crippen LogP contribution in [0.3, 0.4) is 0 Å². The van der Waals surface area contributed by atoms with Gasteiger partial charge in [-0.05, 0) is 25.6 Å². The Morgan fingerprint density at radius 1 is 1.47 bits per heavy atom. The van der Waals surface area contributed by atoms with Gasteiger partial charge in [-0.15, -0.1) is 11.3 Å². The van der Waals surface area contributed by atoms with Crippen LogP contribution in [0.5, 0.6) is 0 Å². The van der Waals surface area contributed by atoms with Crippen LogP contribution in [-0.2, 0) is 6.54 Å². The summed E-state index contributed by atoms with van der Waals surface area (Å²) in [5.74, 6) is 0. The van der Waals surface area contributed by atoms with Crippen molar-refractivity contribution in [1.82, 2.24) is 20.2 Å². The molecule has 2 aromatic heterocycles. The number of nitrogens with one attached hydrogen (secondary N) is 1. The first-order valence-electron chi connectivity index (χ1n) is 6.60. The highest BCUT2D eigenvalue weighted by atomic mass is 32.1. The SMILES string of the molecule is CNC1CCN(Cc2csc(-c3ccccn3)n2)C1. The lowest BCUT2D eigenvalue weighted by Crippen LogP contribution is -2.29. The van der Waals surface area contributed by atoms with Crippen LogP contribution in [0.25, 0.3) is 10.7 Å². The van der Waals surface area contributed by atoms with Gasteiger partial charge in [-0.1, -0.05) is 6.07 Å². The number of likely N-dealkylation sites (N-methyl/N-ethyl adjacent to an activating group) is 1. The summed E-state index contributed by atoms with van der Waals surface area (Å²) in [6.45, 7) is 3.22. The zero-order valence-electron chi connectivity index (χ0n) is 11.0. The Hall–Kier alpha value is -1.30. The number of aromatic nitrogens is 2. The first-order chi connectivity index (χ1) is 9.35. The molecule has 100 valence electrons. The van der Waals surface area contributed by atoms with Crippen molar-refractivity contribution in [2.24, 2.45) is 0 Å². The van der Waals surface area contributed by atoms with Crippen LogP contribution >= 0.6 is 11.3 Å². The van der Waals surface area contributed by atoms with Gasteiger partial charge in [0.25, 0.3) is 0 Å². The van der Waals surface area contributed by atoms with Gasteiger partial charge in [0.15, 0.2) is 0 Å². The van der Waals surface area contributed by atoms with Crippen LogP contribution in [0.15, 0.2) is 29.8 Å². The Balaban J connectivity index is 1.66. The molecule has 1 unspecified atom stereocenters. The number of pyridine rings is 1. The van der Waals surface area contributed by atoms with E-state index in [1.165, 1.54) is 6.42 Å². The van der Waals surface area contributed by atoms with E-state index >= 15 is 0 Å². The number of hydrogen-bond acceptors (Lipinski definition) is 5. The molecule has 1 fully saturated rings. The van der Waals surface area contributed by atoms with E-state index in [1.54, 1.807) is 11.3 Å². The predicted molar refractivity (Wildman–Crippen MR) is 78.1 cm³/mol. The maximum atomic E-state index is 4.69. The number of thiazole rings is 1. The Morgan fingerprint density at radius 3 is 3.16 bits per heavy atom. The smallest absolute Gasteiger partial charge is 0.142 e. The summed E-state index contributed by atoms with van der Waals surface area (Å²) in [6, 6.07) is 6.57. The van der Waals surface area contributed by atoms with Gasteiger partial charge in [0, 0.05) is 37.3 Å². The first-order valence-corrected chi connectivity index (χ1v) is 7.48.